The molecular formula is C12H22N2O2. The number of rotatable bonds is 6. The highest BCUT2D eigenvalue weighted by Crippen LogP contribution is 2.30. The largest absolute Gasteiger partial charge is 0.481 e. The highest BCUT2D eigenvalue weighted by Gasteiger charge is 2.31. The highest BCUT2D eigenvalue weighted by molar-refractivity contribution is 5.68. The van der Waals surface area contributed by atoms with Crippen molar-refractivity contribution in [2.45, 2.75) is 39.3 Å². The van der Waals surface area contributed by atoms with Crippen LogP contribution in [0.5, 0.6) is 0 Å². The molecule has 0 saturated heterocycles. The molecule has 0 unspecified atom stereocenters. The van der Waals surface area contributed by atoms with Gasteiger partial charge in [-0.25, -0.2) is 0 Å². The van der Waals surface area contributed by atoms with Crippen LogP contribution in [0.2, 0.25) is 0 Å². The van der Waals surface area contributed by atoms with Crippen molar-refractivity contribution in [3.8, 4) is 0 Å². The van der Waals surface area contributed by atoms with Crippen molar-refractivity contribution in [1.29, 1.82) is 0 Å². The Labute approximate surface area is 97.0 Å². The van der Waals surface area contributed by atoms with Gasteiger partial charge in [0.2, 0.25) is 0 Å². The molecule has 5 N–H and O–H groups in total. The molecule has 0 aromatic heterocycles. The van der Waals surface area contributed by atoms with E-state index in [9.17, 15) is 4.79 Å². The Morgan fingerprint density at radius 2 is 1.69 bits per heavy atom. The number of aliphatic carboxylic acids is 1. The Morgan fingerprint density at radius 1 is 1.25 bits per heavy atom. The molecule has 0 rings (SSSR count). The second-order valence-corrected chi connectivity index (χ2v) is 4.49. The average Bonchev–Trinajstić information content (AvgIpc) is 1.99. The molecule has 0 aliphatic carbocycles. The van der Waals surface area contributed by atoms with Crippen molar-refractivity contribution in [1.82, 2.24) is 0 Å². The Morgan fingerprint density at radius 3 is 2.00 bits per heavy atom. The fraction of sp³-hybridized carbons (Fsp3) is 0.583. The summed E-state index contributed by atoms with van der Waals surface area (Å²) in [4.78, 5) is 10.6. The summed E-state index contributed by atoms with van der Waals surface area (Å²) in [5.74, 6) is -0.978. The van der Waals surface area contributed by atoms with Crippen LogP contribution in [-0.2, 0) is 4.79 Å². The van der Waals surface area contributed by atoms with Crippen molar-refractivity contribution in [3.05, 3.63) is 24.3 Å². The van der Waals surface area contributed by atoms with Crippen molar-refractivity contribution >= 4 is 5.97 Å². The molecule has 0 radical (unpaired) electrons. The lowest BCUT2D eigenvalue weighted by Gasteiger charge is -2.32. The molecule has 4 heteroatoms. The summed E-state index contributed by atoms with van der Waals surface area (Å²) in [5, 5.41) is 8.71. The molecule has 0 aromatic rings. The first-order valence-corrected chi connectivity index (χ1v) is 5.32. The predicted octanol–water partition coefficient (Wildman–Crippen LogP) is 1.62. The molecule has 0 fully saturated rings. The van der Waals surface area contributed by atoms with Crippen LogP contribution >= 0.6 is 0 Å². The predicted molar refractivity (Wildman–Crippen MR) is 65.7 cm³/mol. The minimum absolute atomic E-state index is 0.238. The van der Waals surface area contributed by atoms with E-state index in [1.165, 1.54) is 0 Å². The molecule has 0 heterocycles. The third-order valence-corrected chi connectivity index (χ3v) is 2.29. The molecule has 92 valence electrons. The monoisotopic (exact) mass is 226 g/mol. The van der Waals surface area contributed by atoms with Gasteiger partial charge in [0.1, 0.15) is 0 Å². The van der Waals surface area contributed by atoms with Crippen LogP contribution in [0.4, 0.5) is 0 Å². The summed E-state index contributed by atoms with van der Waals surface area (Å²) < 4.78 is 0. The lowest BCUT2D eigenvalue weighted by atomic mass is 9.79. The number of carbonyl (C=O) groups is 1. The zero-order valence-electron chi connectivity index (χ0n) is 10.2. The van der Waals surface area contributed by atoms with Gasteiger partial charge in [-0.05, 0) is 20.3 Å². The van der Waals surface area contributed by atoms with Gasteiger partial charge < -0.3 is 16.6 Å². The van der Waals surface area contributed by atoms with E-state index in [0.717, 1.165) is 0 Å². The fourth-order valence-corrected chi connectivity index (χ4v) is 1.99. The van der Waals surface area contributed by atoms with E-state index in [4.69, 9.17) is 16.6 Å². The molecule has 0 aromatic carbocycles. The van der Waals surface area contributed by atoms with Crippen LogP contribution in [0, 0.1) is 5.41 Å². The first kappa shape index (κ1) is 14.9. The summed E-state index contributed by atoms with van der Waals surface area (Å²) in [7, 11) is 0. The number of hydrogen-bond acceptors (Lipinski definition) is 3. The van der Waals surface area contributed by atoms with E-state index in [2.05, 4.69) is 0 Å². The maximum absolute atomic E-state index is 10.6. The normalized spacial score (nSPS) is 16.8. The van der Waals surface area contributed by atoms with Gasteiger partial charge >= 0.3 is 5.97 Å². The maximum Gasteiger partial charge on any atom is 0.306 e. The molecule has 16 heavy (non-hydrogen) atoms. The van der Waals surface area contributed by atoms with Crippen molar-refractivity contribution < 1.29 is 9.90 Å². The van der Waals surface area contributed by atoms with Crippen molar-refractivity contribution in [2.75, 3.05) is 0 Å². The van der Waals surface area contributed by atoms with Crippen LogP contribution in [0.1, 0.15) is 33.6 Å². The average molecular weight is 226 g/mol. The van der Waals surface area contributed by atoms with Crippen LogP contribution < -0.4 is 11.5 Å². The molecule has 0 amide bonds. The van der Waals surface area contributed by atoms with Gasteiger partial charge in [0.15, 0.2) is 0 Å². The SMILES string of the molecule is CC=CC(C)(C=CC)CC(N)(N)CC(=O)O. The first-order chi connectivity index (χ1) is 7.24. The number of allylic oxidation sites excluding steroid dienone is 4. The molecule has 0 aliphatic rings. The van der Waals surface area contributed by atoms with Crippen molar-refractivity contribution in [2.24, 2.45) is 16.9 Å². The van der Waals surface area contributed by atoms with Gasteiger partial charge in [0.05, 0.1) is 12.1 Å². The number of carboxylic acid groups (broad SMARTS) is 1. The molecule has 0 atom stereocenters. The standard InChI is InChI=1S/C12H22N2O2/c1-4-6-11(3,7-5-2)9-12(13,14)8-10(15)16/h4-7H,8-9,13-14H2,1-3H3,(H,15,16). The van der Waals surface area contributed by atoms with E-state index < -0.39 is 11.6 Å². The lowest BCUT2D eigenvalue weighted by Crippen LogP contribution is -2.53. The molecule has 0 bridgehead atoms. The van der Waals surface area contributed by atoms with E-state index in [0.29, 0.717) is 6.42 Å². The van der Waals surface area contributed by atoms with Crippen LogP contribution in [0.3, 0.4) is 0 Å². The zero-order chi connectivity index (χ0) is 12.8. The van der Waals surface area contributed by atoms with Gasteiger partial charge in [0, 0.05) is 5.41 Å². The smallest absolute Gasteiger partial charge is 0.306 e. The van der Waals surface area contributed by atoms with E-state index in [-0.39, 0.29) is 11.8 Å². The van der Waals surface area contributed by atoms with Gasteiger partial charge in [-0.3, -0.25) is 4.79 Å². The van der Waals surface area contributed by atoms with E-state index in [1.807, 2.05) is 45.1 Å². The Balaban J connectivity index is 4.81. The molecular weight excluding hydrogens is 204 g/mol. The highest BCUT2D eigenvalue weighted by atomic mass is 16.4. The minimum atomic E-state index is -1.19. The van der Waals surface area contributed by atoms with Gasteiger partial charge in [-0.1, -0.05) is 31.2 Å². The third kappa shape index (κ3) is 5.68. The van der Waals surface area contributed by atoms with Gasteiger partial charge in [0.25, 0.3) is 0 Å². The van der Waals surface area contributed by atoms with Crippen LogP contribution in [0.15, 0.2) is 24.3 Å². The minimum Gasteiger partial charge on any atom is -0.481 e. The number of hydrogen-bond donors (Lipinski definition) is 3. The molecule has 0 aliphatic heterocycles. The Bertz CT molecular complexity index is 281. The molecule has 0 saturated carbocycles. The van der Waals surface area contributed by atoms with Crippen LogP contribution in [-0.4, -0.2) is 16.7 Å². The Kier molecular flexibility index (Phi) is 5.41. The second-order valence-electron chi connectivity index (χ2n) is 4.49. The summed E-state index contributed by atoms with van der Waals surface area (Å²) in [6, 6.07) is 0. The fourth-order valence-electron chi connectivity index (χ4n) is 1.99. The van der Waals surface area contributed by atoms with Crippen LogP contribution in [0.25, 0.3) is 0 Å². The lowest BCUT2D eigenvalue weighted by molar-refractivity contribution is -0.138. The zero-order valence-corrected chi connectivity index (χ0v) is 10.2. The summed E-state index contributed by atoms with van der Waals surface area (Å²) in [5.41, 5.74) is 10.1. The molecule has 0 spiro atoms. The molecule has 4 nitrogen and oxygen atoms in total. The van der Waals surface area contributed by atoms with Gasteiger partial charge in [-0.15, -0.1) is 0 Å². The summed E-state index contributed by atoms with van der Waals surface area (Å²) in [6.45, 7) is 5.80. The second kappa shape index (κ2) is 5.82. The summed E-state index contributed by atoms with van der Waals surface area (Å²) >= 11 is 0. The number of carboxylic acids is 1. The van der Waals surface area contributed by atoms with E-state index >= 15 is 0 Å². The maximum atomic E-state index is 10.6. The summed E-state index contributed by atoms with van der Waals surface area (Å²) in [6.07, 6.45) is 7.93. The topological polar surface area (TPSA) is 89.3 Å². The quantitative estimate of drug-likeness (QED) is 0.474. The van der Waals surface area contributed by atoms with E-state index in [1.54, 1.807) is 0 Å². The van der Waals surface area contributed by atoms with Crippen molar-refractivity contribution in [3.63, 3.8) is 0 Å². The Hall–Kier alpha value is -1.13. The number of nitrogens with two attached hydrogens (primary N) is 2. The van der Waals surface area contributed by atoms with Gasteiger partial charge in [-0.2, -0.15) is 0 Å². The first-order valence-electron chi connectivity index (χ1n) is 5.32. The third-order valence-electron chi connectivity index (χ3n) is 2.29.